The van der Waals surface area contributed by atoms with Crippen LogP contribution in [0.4, 0.5) is 30.7 Å². The summed E-state index contributed by atoms with van der Waals surface area (Å²) in [6.45, 7) is 0.822. The van der Waals surface area contributed by atoms with Crippen LogP contribution in [0, 0.1) is 17.7 Å². The molecule has 0 aromatic heterocycles. The number of hydrogen-bond donors (Lipinski definition) is 2. The second kappa shape index (κ2) is 12.2. The Morgan fingerprint density at radius 1 is 1.03 bits per heavy atom. The van der Waals surface area contributed by atoms with E-state index in [1.54, 1.807) is 0 Å². The third-order valence-corrected chi connectivity index (χ3v) is 6.65. The minimum absolute atomic E-state index is 0.00982. The Kier molecular flexibility index (Phi) is 9.18. The van der Waals surface area contributed by atoms with Gasteiger partial charge in [0.05, 0.1) is 36.9 Å². The van der Waals surface area contributed by atoms with Gasteiger partial charge in [-0.1, -0.05) is 18.1 Å². The van der Waals surface area contributed by atoms with Gasteiger partial charge in [-0.3, -0.25) is 4.90 Å². The number of rotatable bonds is 7. The van der Waals surface area contributed by atoms with Crippen molar-refractivity contribution in [2.75, 3.05) is 32.8 Å². The molecule has 0 radical (unpaired) electrons. The molecule has 2 fully saturated rings. The number of nitrogens with one attached hydrogen (secondary N) is 1. The molecule has 1 unspecified atom stereocenters. The lowest BCUT2D eigenvalue weighted by molar-refractivity contribution is -0.235. The highest BCUT2D eigenvalue weighted by Crippen LogP contribution is 2.39. The van der Waals surface area contributed by atoms with E-state index in [0.717, 1.165) is 13.0 Å². The molecule has 4 atom stereocenters. The predicted octanol–water partition coefficient (Wildman–Crippen LogP) is 5.07. The zero-order valence-corrected chi connectivity index (χ0v) is 20.7. The molecule has 2 aromatic rings. The van der Waals surface area contributed by atoms with E-state index in [4.69, 9.17) is 9.47 Å². The summed E-state index contributed by atoms with van der Waals surface area (Å²) >= 11 is 0. The third kappa shape index (κ3) is 7.49. The van der Waals surface area contributed by atoms with Gasteiger partial charge in [0.2, 0.25) is 0 Å². The molecular weight excluding hydrogens is 533 g/mol. The molecule has 2 saturated heterocycles. The molecule has 0 aliphatic carbocycles. The molecule has 12 heteroatoms. The van der Waals surface area contributed by atoms with Crippen molar-refractivity contribution in [1.29, 1.82) is 0 Å². The minimum atomic E-state index is -5.06. The summed E-state index contributed by atoms with van der Waals surface area (Å²) in [5.41, 5.74) is -3.01. The topological polar surface area (TPSA) is 54.0 Å². The first-order valence-corrected chi connectivity index (χ1v) is 12.3. The maximum Gasteiger partial charge on any atom is 0.416 e. The summed E-state index contributed by atoms with van der Waals surface area (Å²) in [7, 11) is 0. The van der Waals surface area contributed by atoms with E-state index in [-0.39, 0.29) is 19.2 Å². The summed E-state index contributed by atoms with van der Waals surface area (Å²) in [6, 6.07) is 6.08. The van der Waals surface area contributed by atoms with E-state index in [9.17, 15) is 35.8 Å². The fourth-order valence-corrected chi connectivity index (χ4v) is 4.44. The van der Waals surface area contributed by atoms with Crippen LogP contribution in [-0.4, -0.2) is 55.2 Å². The maximum atomic E-state index is 13.6. The maximum absolute atomic E-state index is 13.6. The van der Waals surface area contributed by atoms with E-state index in [2.05, 4.69) is 17.2 Å². The SMILES string of the molecule is OC[C@@H](O[C@H]1OCCN(CC#CCC2CCN2)[C@H]1c1ccc(F)cc1)c1cc(C(F)(F)F)cc(C(F)(F)F)c1. The number of benzene rings is 2. The number of alkyl halides is 6. The Labute approximate surface area is 220 Å². The average Bonchev–Trinajstić information content (AvgIpc) is 2.85. The van der Waals surface area contributed by atoms with Crippen molar-refractivity contribution in [1.82, 2.24) is 10.2 Å². The summed E-state index contributed by atoms with van der Waals surface area (Å²) in [5.74, 6) is 5.69. The molecule has 5 nitrogen and oxygen atoms in total. The fraction of sp³-hybridized carbons (Fsp3) is 0.481. The van der Waals surface area contributed by atoms with Crippen molar-refractivity contribution >= 4 is 0 Å². The molecule has 4 rings (SSSR count). The summed E-state index contributed by atoms with van der Waals surface area (Å²) in [6.07, 6.45) is -11.2. The van der Waals surface area contributed by atoms with Gasteiger partial charge >= 0.3 is 12.4 Å². The highest BCUT2D eigenvalue weighted by atomic mass is 19.4. The molecule has 2 aliphatic rings. The van der Waals surface area contributed by atoms with Gasteiger partial charge in [-0.25, -0.2) is 4.39 Å². The van der Waals surface area contributed by atoms with Gasteiger partial charge in [0.25, 0.3) is 0 Å². The number of halogens is 7. The van der Waals surface area contributed by atoms with E-state index in [1.165, 1.54) is 24.3 Å². The summed E-state index contributed by atoms with van der Waals surface area (Å²) in [4.78, 5) is 1.88. The predicted molar refractivity (Wildman–Crippen MR) is 127 cm³/mol. The first kappa shape index (κ1) is 29.3. The van der Waals surface area contributed by atoms with Crippen LogP contribution in [0.2, 0.25) is 0 Å². The van der Waals surface area contributed by atoms with Crippen molar-refractivity contribution in [2.45, 2.75) is 49.7 Å². The Morgan fingerprint density at radius 2 is 1.67 bits per heavy atom. The first-order chi connectivity index (χ1) is 18.5. The highest BCUT2D eigenvalue weighted by molar-refractivity contribution is 5.35. The Hall–Kier alpha value is -2.69. The molecule has 0 saturated carbocycles. The minimum Gasteiger partial charge on any atom is -0.393 e. The van der Waals surface area contributed by atoms with Crippen molar-refractivity contribution < 1.29 is 45.3 Å². The lowest BCUT2D eigenvalue weighted by atomic mass is 10.00. The van der Waals surface area contributed by atoms with Crippen LogP contribution in [0.15, 0.2) is 42.5 Å². The van der Waals surface area contributed by atoms with Crippen LogP contribution < -0.4 is 5.32 Å². The number of morpholine rings is 1. The van der Waals surface area contributed by atoms with Crippen LogP contribution in [0.3, 0.4) is 0 Å². The Balaban J connectivity index is 1.62. The van der Waals surface area contributed by atoms with E-state index >= 15 is 0 Å². The standard InChI is InChI=1S/C27H27F7N2O3/c28-21-6-4-17(5-7-21)24-25(38-12-11-36(24)10-2-1-3-22-8-9-35-22)39-23(16-37)18-13-19(26(29,30)31)15-20(14-18)27(32,33)34/h4-7,13-15,22-25,35,37H,3,8-12,16H2/t22?,23-,24+,25-/m1/s1. The van der Waals surface area contributed by atoms with Gasteiger partial charge in [0.15, 0.2) is 6.29 Å². The number of hydrogen-bond acceptors (Lipinski definition) is 5. The smallest absolute Gasteiger partial charge is 0.393 e. The summed E-state index contributed by atoms with van der Waals surface area (Å²) < 4.78 is 106. The molecule has 2 aromatic carbocycles. The molecule has 2 N–H and O–H groups in total. The van der Waals surface area contributed by atoms with Crippen LogP contribution in [-0.2, 0) is 21.8 Å². The van der Waals surface area contributed by atoms with Crippen LogP contribution >= 0.6 is 0 Å². The highest BCUT2D eigenvalue weighted by Gasteiger charge is 2.40. The number of nitrogens with zero attached hydrogens (tertiary/aromatic N) is 1. The molecule has 0 amide bonds. The number of aliphatic hydroxyl groups excluding tert-OH is 1. The molecule has 212 valence electrons. The van der Waals surface area contributed by atoms with Crippen molar-refractivity contribution in [3.8, 4) is 11.8 Å². The molecule has 2 heterocycles. The van der Waals surface area contributed by atoms with Crippen LogP contribution in [0.25, 0.3) is 0 Å². The zero-order chi connectivity index (χ0) is 28.2. The normalized spacial score (nSPS) is 23.0. The lowest BCUT2D eigenvalue weighted by Gasteiger charge is -2.41. The van der Waals surface area contributed by atoms with Gasteiger partial charge in [-0.2, -0.15) is 26.3 Å². The first-order valence-electron chi connectivity index (χ1n) is 12.3. The van der Waals surface area contributed by atoms with E-state index in [1.807, 2.05) is 4.90 Å². The second-order valence-electron chi connectivity index (χ2n) is 9.35. The Bertz CT molecular complexity index is 1140. The van der Waals surface area contributed by atoms with Gasteiger partial charge in [-0.15, -0.1) is 5.92 Å². The Morgan fingerprint density at radius 3 is 2.21 bits per heavy atom. The molecule has 39 heavy (non-hydrogen) atoms. The van der Waals surface area contributed by atoms with Crippen molar-refractivity contribution in [2.24, 2.45) is 0 Å². The number of aliphatic hydroxyl groups is 1. The fourth-order valence-electron chi connectivity index (χ4n) is 4.44. The third-order valence-electron chi connectivity index (χ3n) is 6.65. The quantitative estimate of drug-likeness (QED) is 0.366. The zero-order valence-electron chi connectivity index (χ0n) is 20.7. The van der Waals surface area contributed by atoms with Crippen molar-refractivity contribution in [3.63, 3.8) is 0 Å². The molecular formula is C27H27F7N2O3. The van der Waals surface area contributed by atoms with E-state index in [0.29, 0.717) is 36.7 Å². The second-order valence-corrected chi connectivity index (χ2v) is 9.35. The molecule has 0 spiro atoms. The van der Waals surface area contributed by atoms with Gasteiger partial charge in [-0.05, 0) is 54.4 Å². The molecule has 0 bridgehead atoms. The average molecular weight is 561 g/mol. The van der Waals surface area contributed by atoms with Crippen LogP contribution in [0.5, 0.6) is 0 Å². The van der Waals surface area contributed by atoms with Crippen molar-refractivity contribution in [3.05, 3.63) is 70.5 Å². The van der Waals surface area contributed by atoms with Crippen LogP contribution in [0.1, 0.15) is 47.2 Å². The lowest BCUT2D eigenvalue weighted by Crippen LogP contribution is -2.47. The van der Waals surface area contributed by atoms with Gasteiger partial charge < -0.3 is 19.9 Å². The largest absolute Gasteiger partial charge is 0.416 e. The molecule has 2 aliphatic heterocycles. The van der Waals surface area contributed by atoms with Gasteiger partial charge in [0.1, 0.15) is 11.9 Å². The van der Waals surface area contributed by atoms with E-state index < -0.39 is 59.9 Å². The number of ether oxygens (including phenoxy) is 2. The summed E-state index contributed by atoms with van der Waals surface area (Å²) in [5, 5.41) is 13.2. The monoisotopic (exact) mass is 560 g/mol. The van der Waals surface area contributed by atoms with Gasteiger partial charge in [0, 0.05) is 19.0 Å².